The molecule has 14 heteroatoms. The summed E-state index contributed by atoms with van der Waals surface area (Å²) in [5, 5.41) is 51.7. The van der Waals surface area contributed by atoms with E-state index in [9.17, 15) is 34.2 Å². The fourth-order valence-corrected chi connectivity index (χ4v) is 4.95. The highest BCUT2D eigenvalue weighted by atomic mass is 32.2. The van der Waals surface area contributed by atoms with Crippen LogP contribution in [0.2, 0.25) is 0 Å². The Labute approximate surface area is 263 Å². The molecule has 0 heterocycles. The molecule has 0 bridgehead atoms. The van der Waals surface area contributed by atoms with Crippen LogP contribution in [0, 0.1) is 0 Å². The normalized spacial score (nSPS) is 15.2. The van der Waals surface area contributed by atoms with E-state index in [1.807, 2.05) is 6.08 Å². The molecule has 0 radical (unpaired) electrons. The summed E-state index contributed by atoms with van der Waals surface area (Å²) in [6.07, 6.45) is 14.4. The van der Waals surface area contributed by atoms with Crippen LogP contribution in [0.5, 0.6) is 0 Å². The molecule has 13 nitrogen and oxygen atoms in total. The fraction of sp³-hybridized carbons (Fsp3) is 0.633. The predicted octanol–water partition coefficient (Wildman–Crippen LogP) is 1.97. The lowest BCUT2D eigenvalue weighted by atomic mass is 10.1. The van der Waals surface area contributed by atoms with Crippen LogP contribution in [-0.2, 0) is 24.0 Å². The Morgan fingerprint density at radius 1 is 0.864 bits per heavy atom. The van der Waals surface area contributed by atoms with Gasteiger partial charge in [0.2, 0.25) is 11.8 Å². The zero-order valence-electron chi connectivity index (χ0n) is 25.3. The van der Waals surface area contributed by atoms with Gasteiger partial charge in [-0.1, -0.05) is 56.2 Å². The first kappa shape index (κ1) is 40.8. The van der Waals surface area contributed by atoms with Gasteiger partial charge in [-0.25, -0.2) is 0 Å². The zero-order valence-corrected chi connectivity index (χ0v) is 26.1. The highest BCUT2D eigenvalue weighted by Crippen LogP contribution is 2.22. The standard InChI is InChI=1S/C30H49N3O10S/c1-2-3-4-5-6-8-12-21(34)13-9-7-10-15-25(24(35)14-11-16-27(37)38)44-20-23(29(41)32-19-28(39)40)33-26(36)18-17-22(31)30(42)43/h6-10,15,21-25,34-35H,2-5,11-14,16-20,31H2,1H3,(H,32,41)(H,33,36)(H,37,38)(H,39,40)(H,42,43)/b8-6-,9-7+,15-10+/t21-,22+,23-,24-,25+/m0/s1. The van der Waals surface area contributed by atoms with Gasteiger partial charge in [-0.2, -0.15) is 0 Å². The first-order chi connectivity index (χ1) is 20.9. The fourth-order valence-electron chi connectivity index (χ4n) is 3.74. The van der Waals surface area contributed by atoms with Crippen LogP contribution in [0.4, 0.5) is 0 Å². The Morgan fingerprint density at radius 3 is 2.20 bits per heavy atom. The molecule has 250 valence electrons. The average molecular weight is 644 g/mol. The van der Waals surface area contributed by atoms with Gasteiger partial charge < -0.3 is 41.9 Å². The number of carboxylic acid groups (broad SMARTS) is 3. The summed E-state index contributed by atoms with van der Waals surface area (Å²) in [5.41, 5.74) is 5.43. The summed E-state index contributed by atoms with van der Waals surface area (Å²) in [5.74, 6) is -5.11. The molecule has 0 aliphatic carbocycles. The molecule has 0 rings (SSSR count). The number of hydrogen-bond donors (Lipinski definition) is 8. The molecule has 0 fully saturated rings. The summed E-state index contributed by atoms with van der Waals surface area (Å²) in [7, 11) is 0. The molecule has 0 aliphatic rings. The number of hydrogen-bond acceptors (Lipinski definition) is 9. The largest absolute Gasteiger partial charge is 0.481 e. The van der Waals surface area contributed by atoms with Gasteiger partial charge in [-0.3, -0.25) is 24.0 Å². The maximum Gasteiger partial charge on any atom is 0.322 e. The van der Waals surface area contributed by atoms with E-state index in [2.05, 4.69) is 23.6 Å². The van der Waals surface area contributed by atoms with Crippen molar-refractivity contribution < 1.29 is 49.5 Å². The van der Waals surface area contributed by atoms with Crippen LogP contribution >= 0.6 is 11.8 Å². The lowest BCUT2D eigenvalue weighted by Crippen LogP contribution is -2.50. The molecule has 0 aromatic rings. The number of aliphatic hydroxyl groups is 2. The van der Waals surface area contributed by atoms with E-state index >= 15 is 0 Å². The maximum absolute atomic E-state index is 12.7. The number of carboxylic acids is 3. The second kappa shape index (κ2) is 25.2. The van der Waals surface area contributed by atoms with Crippen molar-refractivity contribution in [2.75, 3.05) is 12.3 Å². The SMILES string of the molecule is CCCCC/C=C\C[C@H](O)C/C=C/C=C/[C@@H](SC[C@H](NC(=O)CC[C@@H](N)C(=O)O)C(=O)NCC(=O)O)[C@@H](O)CCCC(=O)O. The number of nitrogens with two attached hydrogens (primary N) is 1. The minimum absolute atomic E-state index is 0.0831. The van der Waals surface area contributed by atoms with Crippen molar-refractivity contribution in [3.63, 3.8) is 0 Å². The number of thioether (sulfide) groups is 1. The molecule has 0 spiro atoms. The average Bonchev–Trinajstić information content (AvgIpc) is 2.96. The second-order valence-corrected chi connectivity index (χ2v) is 11.5. The molecule has 0 aromatic carbocycles. The van der Waals surface area contributed by atoms with Gasteiger partial charge in [-0.05, 0) is 44.9 Å². The van der Waals surface area contributed by atoms with Crippen LogP contribution in [0.1, 0.15) is 77.6 Å². The Bertz CT molecular complexity index is 973. The number of allylic oxidation sites excluding steroid dienone is 3. The molecule has 0 aliphatic heterocycles. The van der Waals surface area contributed by atoms with Crippen molar-refractivity contribution >= 4 is 41.5 Å². The highest BCUT2D eigenvalue weighted by Gasteiger charge is 2.25. The van der Waals surface area contributed by atoms with E-state index in [4.69, 9.17) is 21.1 Å². The number of aliphatic hydroxyl groups excluding tert-OH is 2. The van der Waals surface area contributed by atoms with Crippen molar-refractivity contribution in [3.8, 4) is 0 Å². The van der Waals surface area contributed by atoms with Gasteiger partial charge in [0.15, 0.2) is 0 Å². The van der Waals surface area contributed by atoms with E-state index in [1.165, 1.54) is 6.42 Å². The molecule has 0 aromatic heterocycles. The molecule has 9 N–H and O–H groups in total. The number of aliphatic carboxylic acids is 3. The summed E-state index contributed by atoms with van der Waals surface area (Å²) in [6, 6.07) is -2.48. The van der Waals surface area contributed by atoms with Crippen molar-refractivity contribution in [2.45, 2.75) is 107 Å². The number of amides is 2. The van der Waals surface area contributed by atoms with E-state index < -0.39 is 65.8 Å². The monoisotopic (exact) mass is 643 g/mol. The lowest BCUT2D eigenvalue weighted by molar-refractivity contribution is -0.139. The molecule has 0 saturated heterocycles. The minimum atomic E-state index is -1.29. The number of rotatable bonds is 26. The molecule has 0 unspecified atom stereocenters. The first-order valence-corrected chi connectivity index (χ1v) is 15.9. The van der Waals surface area contributed by atoms with E-state index in [1.54, 1.807) is 24.3 Å². The van der Waals surface area contributed by atoms with Gasteiger partial charge in [-0.15, -0.1) is 11.8 Å². The number of nitrogens with one attached hydrogen (secondary N) is 2. The van der Waals surface area contributed by atoms with E-state index in [0.717, 1.165) is 31.0 Å². The predicted molar refractivity (Wildman–Crippen MR) is 168 cm³/mol. The smallest absolute Gasteiger partial charge is 0.322 e. The lowest BCUT2D eigenvalue weighted by Gasteiger charge is -2.23. The van der Waals surface area contributed by atoms with Crippen molar-refractivity contribution in [3.05, 3.63) is 36.5 Å². The van der Waals surface area contributed by atoms with Crippen molar-refractivity contribution in [1.82, 2.24) is 10.6 Å². The van der Waals surface area contributed by atoms with Crippen LogP contribution < -0.4 is 16.4 Å². The molecule has 2 amide bonds. The topological polar surface area (TPSA) is 237 Å². The Hall–Kier alpha value is -3.20. The van der Waals surface area contributed by atoms with Gasteiger partial charge in [0, 0.05) is 23.8 Å². The molecule has 0 saturated carbocycles. The van der Waals surface area contributed by atoms with Crippen molar-refractivity contribution in [2.24, 2.45) is 5.73 Å². The Morgan fingerprint density at radius 2 is 1.57 bits per heavy atom. The highest BCUT2D eigenvalue weighted by molar-refractivity contribution is 8.00. The summed E-state index contributed by atoms with van der Waals surface area (Å²) < 4.78 is 0. The Balaban J connectivity index is 5.39. The first-order valence-electron chi connectivity index (χ1n) is 14.8. The van der Waals surface area contributed by atoms with Gasteiger partial charge in [0.05, 0.1) is 12.2 Å². The van der Waals surface area contributed by atoms with Crippen molar-refractivity contribution in [1.29, 1.82) is 0 Å². The van der Waals surface area contributed by atoms with E-state index in [0.29, 0.717) is 12.8 Å². The molecular weight excluding hydrogens is 594 g/mol. The second-order valence-electron chi connectivity index (χ2n) is 10.3. The van der Waals surface area contributed by atoms with Gasteiger partial charge in [0.1, 0.15) is 18.6 Å². The van der Waals surface area contributed by atoms with Crippen LogP contribution in [0.3, 0.4) is 0 Å². The number of carbonyl (C=O) groups excluding carboxylic acids is 2. The zero-order chi connectivity index (χ0) is 33.3. The maximum atomic E-state index is 12.7. The summed E-state index contributed by atoms with van der Waals surface area (Å²) in [6.45, 7) is 1.45. The van der Waals surface area contributed by atoms with Gasteiger partial charge in [0.25, 0.3) is 0 Å². The minimum Gasteiger partial charge on any atom is -0.481 e. The Kier molecular flexibility index (Phi) is 23.3. The summed E-state index contributed by atoms with van der Waals surface area (Å²) >= 11 is 1.10. The molecular formula is C30H49N3O10S. The number of unbranched alkanes of at least 4 members (excludes halogenated alkanes) is 3. The molecule has 44 heavy (non-hydrogen) atoms. The summed E-state index contributed by atoms with van der Waals surface area (Å²) in [4.78, 5) is 57.8. The molecule has 5 atom stereocenters. The third-order valence-electron chi connectivity index (χ3n) is 6.30. The van der Waals surface area contributed by atoms with Crippen LogP contribution in [0.25, 0.3) is 0 Å². The quantitative estimate of drug-likeness (QED) is 0.0384. The van der Waals surface area contributed by atoms with Crippen LogP contribution in [-0.4, -0.2) is 97.1 Å². The number of carbonyl (C=O) groups is 5. The third-order valence-corrected chi connectivity index (χ3v) is 7.68. The third kappa shape index (κ3) is 22.4. The van der Waals surface area contributed by atoms with Crippen LogP contribution in [0.15, 0.2) is 36.5 Å². The van der Waals surface area contributed by atoms with E-state index in [-0.39, 0.29) is 37.9 Å². The van der Waals surface area contributed by atoms with Gasteiger partial charge >= 0.3 is 17.9 Å².